The molecule has 6 aromatic carbocycles. The zero-order chi connectivity index (χ0) is 43.7. The summed E-state index contributed by atoms with van der Waals surface area (Å²) < 4.78 is 65.8. The Morgan fingerprint density at radius 3 is 1.89 bits per heavy atom. The van der Waals surface area contributed by atoms with Crippen molar-refractivity contribution in [3.8, 4) is 22.6 Å². The van der Waals surface area contributed by atoms with Crippen LogP contribution in [0.15, 0.2) is 158 Å². The molecule has 5 heterocycles. The van der Waals surface area contributed by atoms with E-state index in [0.29, 0.717) is 61.3 Å². The van der Waals surface area contributed by atoms with Crippen LogP contribution in [0.4, 0.5) is 24.9 Å². The van der Waals surface area contributed by atoms with Crippen molar-refractivity contribution in [2.75, 3.05) is 10.7 Å². The fourth-order valence-electron chi connectivity index (χ4n) is 8.16. The summed E-state index contributed by atoms with van der Waals surface area (Å²) in [6.45, 7) is 0. The first-order chi connectivity index (χ1) is 31.2. The molecule has 4 aliphatic rings. The third kappa shape index (κ3) is 6.38. The number of H-pyrrole nitrogens is 1. The van der Waals surface area contributed by atoms with E-state index >= 15 is 13.3 Å². The summed E-state index contributed by atoms with van der Waals surface area (Å²) in [7, 11) is 0. The summed E-state index contributed by atoms with van der Waals surface area (Å²) in [4.78, 5) is 41.3. The van der Waals surface area contributed by atoms with Gasteiger partial charge in [-0.1, -0.05) is 152 Å². The number of carbonyl (C=O) groups excluding carboxylic acids is 1. The van der Waals surface area contributed by atoms with Gasteiger partial charge in [0.05, 0.1) is 5.56 Å². The molecule has 4 aliphatic heterocycles. The van der Waals surface area contributed by atoms with E-state index in [-0.39, 0.29) is 45.1 Å². The van der Waals surface area contributed by atoms with Gasteiger partial charge in [-0.3, -0.25) is 0 Å². The fraction of sp³-hybridized carbons (Fsp3) is 0.0833. The molecule has 314 valence electrons. The fourth-order valence-corrected chi connectivity index (χ4v) is 9.49. The molecule has 16 heteroatoms. The number of aromatic amines is 1. The number of rotatable bonds is 7. The first-order valence-electron chi connectivity index (χ1n) is 19.9. The van der Waals surface area contributed by atoms with Gasteiger partial charge in [-0.2, -0.15) is 4.39 Å². The lowest BCUT2D eigenvalue weighted by Gasteiger charge is -2.30. The van der Waals surface area contributed by atoms with E-state index in [9.17, 15) is 4.79 Å². The number of nitrogens with zero attached hydrogens (tertiary/aromatic N) is 6. The first kappa shape index (κ1) is 39.7. The smallest absolute Gasteiger partial charge is 0.342 e. The number of nitrogens with one attached hydrogen (secondary N) is 2. The molecular formula is C48H29Br2F3N8O3. The summed E-state index contributed by atoms with van der Waals surface area (Å²) in [5, 5.41) is 4.51. The van der Waals surface area contributed by atoms with Crippen LogP contribution >= 0.6 is 31.9 Å². The second-order valence-corrected chi connectivity index (χ2v) is 16.3. The normalized spacial score (nSPS) is 16.8. The average molecular weight is 983 g/mol. The Labute approximate surface area is 379 Å². The lowest BCUT2D eigenvalue weighted by Crippen LogP contribution is -2.50. The van der Waals surface area contributed by atoms with Crippen molar-refractivity contribution in [1.29, 1.82) is 0 Å². The summed E-state index contributed by atoms with van der Waals surface area (Å²) in [5.41, 5.74) is 1.99. The minimum absolute atomic E-state index is 0.0586. The van der Waals surface area contributed by atoms with Gasteiger partial charge >= 0.3 is 11.9 Å². The molecule has 1 unspecified atom stereocenters. The molecule has 8 bridgehead atoms. The minimum Gasteiger partial charge on any atom is -0.457 e. The SMILES string of the molecule is O=C(OC(CBr)CBr)c1cccc(-c2ccccc2)c1Oc1c(F)ccc2c1C1(F)NC2=NC2=NC(=Nc3[nH]c(c4ccccc34)N=C3N=C(c4ccccc43)N1F)c1ccccc12. The van der Waals surface area contributed by atoms with Crippen LogP contribution in [-0.2, 0) is 10.7 Å². The van der Waals surface area contributed by atoms with Crippen LogP contribution in [-0.4, -0.2) is 62.0 Å². The number of hydrogen-bond donors (Lipinski definition) is 2. The number of halogens is 5. The lowest BCUT2D eigenvalue weighted by atomic mass is 10.0. The molecule has 0 fully saturated rings. The summed E-state index contributed by atoms with van der Waals surface area (Å²) in [6, 6.07) is 37.5. The molecular weight excluding hydrogens is 953 g/mol. The third-order valence-electron chi connectivity index (χ3n) is 11.1. The van der Waals surface area contributed by atoms with Gasteiger partial charge < -0.3 is 19.8 Å². The van der Waals surface area contributed by atoms with Crippen molar-refractivity contribution < 1.29 is 27.5 Å². The number of fused-ring (bicyclic) bond motifs is 18. The Morgan fingerprint density at radius 1 is 0.641 bits per heavy atom. The molecule has 0 radical (unpaired) electrons. The molecule has 1 atom stereocenters. The topological polar surface area (TPSA) is 128 Å². The van der Waals surface area contributed by atoms with Crippen LogP contribution in [0.2, 0.25) is 0 Å². The van der Waals surface area contributed by atoms with Crippen molar-refractivity contribution in [3.05, 3.63) is 178 Å². The van der Waals surface area contributed by atoms with Crippen molar-refractivity contribution in [3.63, 3.8) is 0 Å². The maximum Gasteiger partial charge on any atom is 0.342 e. The standard InChI is InChI=1S/C48H29Br2F3N8O3/c49-23-26(24-50)63-47(62)35-20-10-19-27(25-11-2-1-3-12-25)38(35)64-39-36(51)22-21-34-37(39)48(52)60-45(34)58-43-31-16-7-6-15-30(31)41(56-43)54-40-28-13-4-5-14-29(28)42(55-40)57-44-32-17-8-9-18-33(32)46(59-44)61(48)53/h1-22,26,55H,23-24H2,(H,54,56,58,60). The van der Waals surface area contributed by atoms with Crippen LogP contribution in [0.1, 0.15) is 43.7 Å². The van der Waals surface area contributed by atoms with Crippen molar-refractivity contribution in [2.45, 2.75) is 12.0 Å². The van der Waals surface area contributed by atoms with E-state index < -0.39 is 41.0 Å². The highest BCUT2D eigenvalue weighted by molar-refractivity contribution is 9.09. The second kappa shape index (κ2) is 15.6. The van der Waals surface area contributed by atoms with E-state index in [4.69, 9.17) is 29.4 Å². The van der Waals surface area contributed by atoms with Crippen molar-refractivity contribution >= 4 is 89.4 Å². The molecule has 0 saturated heterocycles. The van der Waals surface area contributed by atoms with Gasteiger partial charge in [0.15, 0.2) is 34.9 Å². The predicted octanol–water partition coefficient (Wildman–Crippen LogP) is 11.1. The van der Waals surface area contributed by atoms with Crippen LogP contribution < -0.4 is 10.1 Å². The van der Waals surface area contributed by atoms with Crippen LogP contribution in [0, 0.1) is 5.82 Å². The van der Waals surface area contributed by atoms with E-state index in [0.717, 1.165) is 11.5 Å². The summed E-state index contributed by atoms with van der Waals surface area (Å²) >= 11 is 6.73. The largest absolute Gasteiger partial charge is 0.457 e. The molecule has 11 rings (SSSR count). The minimum atomic E-state index is -3.45. The molecule has 7 aromatic rings. The maximum atomic E-state index is 18.8. The lowest BCUT2D eigenvalue weighted by molar-refractivity contribution is -0.113. The van der Waals surface area contributed by atoms with E-state index in [1.54, 1.807) is 72.8 Å². The average Bonchev–Trinajstić information content (AvgIpc) is 4.06. The molecule has 0 saturated carbocycles. The third-order valence-corrected chi connectivity index (χ3v) is 12.6. The van der Waals surface area contributed by atoms with E-state index in [1.807, 2.05) is 42.5 Å². The number of ether oxygens (including phenoxy) is 2. The zero-order valence-corrected chi connectivity index (χ0v) is 36.2. The van der Waals surface area contributed by atoms with E-state index in [1.165, 1.54) is 12.1 Å². The van der Waals surface area contributed by atoms with E-state index in [2.05, 4.69) is 47.2 Å². The Morgan fingerprint density at radius 2 is 1.22 bits per heavy atom. The summed E-state index contributed by atoms with van der Waals surface area (Å²) in [5.74, 6) is -5.51. The molecule has 11 nitrogen and oxygen atoms in total. The molecule has 0 aliphatic carbocycles. The molecule has 2 N–H and O–H groups in total. The zero-order valence-electron chi connectivity index (χ0n) is 33.0. The quantitative estimate of drug-likeness (QED) is 0.0711. The molecule has 64 heavy (non-hydrogen) atoms. The molecule has 0 spiro atoms. The van der Waals surface area contributed by atoms with Gasteiger partial charge in [-0.05, 0) is 23.8 Å². The van der Waals surface area contributed by atoms with Crippen molar-refractivity contribution in [1.82, 2.24) is 15.4 Å². The highest BCUT2D eigenvalue weighted by atomic mass is 79.9. The Balaban J connectivity index is 1.16. The molecule has 0 amide bonds. The van der Waals surface area contributed by atoms with Crippen LogP contribution in [0.5, 0.6) is 11.5 Å². The number of para-hydroxylation sites is 1. The number of alkyl halides is 3. The number of aliphatic imine (C=N–C) groups is 5. The highest BCUT2D eigenvalue weighted by Gasteiger charge is 2.54. The van der Waals surface area contributed by atoms with Gasteiger partial charge in [0.1, 0.15) is 34.9 Å². The maximum absolute atomic E-state index is 18.8. The van der Waals surface area contributed by atoms with Crippen molar-refractivity contribution in [2.24, 2.45) is 25.0 Å². The van der Waals surface area contributed by atoms with Crippen LogP contribution in [0.3, 0.4) is 0 Å². The number of esters is 1. The monoisotopic (exact) mass is 980 g/mol. The Kier molecular flexibility index (Phi) is 9.65. The van der Waals surface area contributed by atoms with Gasteiger partial charge in [-0.25, -0.2) is 34.1 Å². The van der Waals surface area contributed by atoms with Gasteiger partial charge in [0.2, 0.25) is 0 Å². The predicted molar refractivity (Wildman–Crippen MR) is 247 cm³/mol. The highest BCUT2D eigenvalue weighted by Crippen LogP contribution is 2.48. The van der Waals surface area contributed by atoms with Crippen LogP contribution in [0.25, 0.3) is 21.9 Å². The Hall–Kier alpha value is -7.17. The van der Waals surface area contributed by atoms with Gasteiger partial charge in [0.25, 0.3) is 0 Å². The van der Waals surface area contributed by atoms with Gasteiger partial charge in [-0.15, -0.1) is 5.12 Å². The number of amidine groups is 5. The second-order valence-electron chi connectivity index (χ2n) is 15.0. The number of hydrogen-bond acceptors (Lipinski definition) is 10. The van der Waals surface area contributed by atoms with Gasteiger partial charge in [0, 0.05) is 54.8 Å². The number of carbonyl (C=O) groups is 1. The number of benzene rings is 6. The summed E-state index contributed by atoms with van der Waals surface area (Å²) in [6.07, 6.45) is -0.583. The first-order valence-corrected chi connectivity index (χ1v) is 22.2. The Bertz CT molecular complexity index is 3280. The number of aromatic nitrogens is 1. The molecule has 1 aromatic heterocycles.